The predicted octanol–water partition coefficient (Wildman–Crippen LogP) is 18.9. The van der Waals surface area contributed by atoms with Gasteiger partial charge >= 0.3 is 17.9 Å². The summed E-state index contributed by atoms with van der Waals surface area (Å²) in [6, 6.07) is 0. The van der Waals surface area contributed by atoms with E-state index < -0.39 is 6.10 Å². The third-order valence-electron chi connectivity index (χ3n) is 12.6. The van der Waals surface area contributed by atoms with Crippen molar-refractivity contribution in [2.75, 3.05) is 13.2 Å². The average molecular weight is 914 g/mol. The summed E-state index contributed by atoms with van der Waals surface area (Å²) < 4.78 is 16.8. The summed E-state index contributed by atoms with van der Waals surface area (Å²) in [5.41, 5.74) is 0. The van der Waals surface area contributed by atoms with Crippen LogP contribution >= 0.6 is 0 Å². The first kappa shape index (κ1) is 62.6. The zero-order valence-corrected chi connectivity index (χ0v) is 43.5. The van der Waals surface area contributed by atoms with E-state index in [1.807, 2.05) is 0 Å². The van der Waals surface area contributed by atoms with Crippen molar-refractivity contribution >= 4 is 17.9 Å². The Morgan fingerprint density at radius 1 is 0.308 bits per heavy atom. The molecule has 65 heavy (non-hydrogen) atoms. The lowest BCUT2D eigenvalue weighted by molar-refractivity contribution is -0.167. The smallest absolute Gasteiger partial charge is 0.306 e. The minimum Gasteiger partial charge on any atom is -0.462 e. The van der Waals surface area contributed by atoms with Gasteiger partial charge in [0.25, 0.3) is 0 Å². The lowest BCUT2D eigenvalue weighted by atomic mass is 10.0. The van der Waals surface area contributed by atoms with Gasteiger partial charge in [0.05, 0.1) is 0 Å². The summed E-state index contributed by atoms with van der Waals surface area (Å²) in [6.07, 6.45) is 64.2. The number of esters is 3. The third-order valence-corrected chi connectivity index (χ3v) is 12.6. The lowest BCUT2D eigenvalue weighted by Crippen LogP contribution is -2.30. The summed E-state index contributed by atoms with van der Waals surface area (Å²) in [5, 5.41) is 0. The molecule has 0 aromatic heterocycles. The van der Waals surface area contributed by atoms with E-state index in [0.29, 0.717) is 19.3 Å². The molecule has 0 saturated carbocycles. The van der Waals surface area contributed by atoms with E-state index in [2.05, 4.69) is 57.2 Å². The highest BCUT2D eigenvalue weighted by Crippen LogP contribution is 2.16. The summed E-state index contributed by atoms with van der Waals surface area (Å²) in [7, 11) is 0. The van der Waals surface area contributed by atoms with Gasteiger partial charge in [-0.25, -0.2) is 0 Å². The molecule has 0 aliphatic heterocycles. The first-order chi connectivity index (χ1) is 32.0. The molecule has 6 nitrogen and oxygen atoms in total. The third kappa shape index (κ3) is 52.5. The molecule has 0 radical (unpaired) electrons. The standard InChI is InChI=1S/C59H108O6/c1-4-7-10-13-16-19-22-25-28-31-34-37-40-43-46-49-52-58(61)64-55-56(54-63-57(60)51-48-45-42-39-36-33-30-27-24-21-18-15-12-9-6-3)65-59(62)53-50-47-44-41-38-35-32-29-26-23-20-17-14-11-8-5-2/h28-29,31-32,34,37,56H,4-27,30,33,35-36,38-55H2,1-3H3/b31-28-,32-29-,37-34-. The van der Waals surface area contributed by atoms with E-state index in [9.17, 15) is 14.4 Å². The van der Waals surface area contributed by atoms with Gasteiger partial charge in [-0.3, -0.25) is 14.4 Å². The Kier molecular flexibility index (Phi) is 52.3. The van der Waals surface area contributed by atoms with Crippen LogP contribution in [-0.4, -0.2) is 37.2 Å². The second-order valence-electron chi connectivity index (χ2n) is 19.2. The highest BCUT2D eigenvalue weighted by atomic mass is 16.6. The predicted molar refractivity (Wildman–Crippen MR) is 279 cm³/mol. The number of allylic oxidation sites excluding steroid dienone is 6. The summed E-state index contributed by atoms with van der Waals surface area (Å²) >= 11 is 0. The fourth-order valence-electron chi connectivity index (χ4n) is 8.31. The lowest BCUT2D eigenvalue weighted by Gasteiger charge is -2.18. The van der Waals surface area contributed by atoms with E-state index in [4.69, 9.17) is 14.2 Å². The van der Waals surface area contributed by atoms with Gasteiger partial charge < -0.3 is 14.2 Å². The number of unbranched alkanes of at least 4 members (excludes halogenated alkanes) is 36. The molecule has 0 aliphatic rings. The van der Waals surface area contributed by atoms with Crippen LogP contribution in [-0.2, 0) is 28.6 Å². The maximum atomic E-state index is 12.8. The van der Waals surface area contributed by atoms with Gasteiger partial charge in [-0.2, -0.15) is 0 Å². The second-order valence-corrected chi connectivity index (χ2v) is 19.2. The van der Waals surface area contributed by atoms with Crippen molar-refractivity contribution in [2.24, 2.45) is 0 Å². The molecule has 1 atom stereocenters. The molecule has 0 saturated heterocycles. The molecule has 0 bridgehead atoms. The Hall–Kier alpha value is -2.37. The molecule has 0 spiro atoms. The van der Waals surface area contributed by atoms with Crippen molar-refractivity contribution in [3.05, 3.63) is 36.5 Å². The minimum absolute atomic E-state index is 0.0805. The van der Waals surface area contributed by atoms with E-state index >= 15 is 0 Å². The Balaban J connectivity index is 4.40. The summed E-state index contributed by atoms with van der Waals surface area (Å²) in [4.78, 5) is 38.1. The Morgan fingerprint density at radius 3 is 0.877 bits per heavy atom. The van der Waals surface area contributed by atoms with Crippen molar-refractivity contribution in [2.45, 2.75) is 309 Å². The van der Waals surface area contributed by atoms with Crippen LogP contribution in [0.25, 0.3) is 0 Å². The fourth-order valence-corrected chi connectivity index (χ4v) is 8.31. The Labute approximate surface area is 404 Å². The van der Waals surface area contributed by atoms with E-state index in [1.54, 1.807) is 0 Å². The molecule has 380 valence electrons. The molecule has 0 heterocycles. The van der Waals surface area contributed by atoms with Crippen molar-refractivity contribution in [3.8, 4) is 0 Å². The van der Waals surface area contributed by atoms with Gasteiger partial charge in [-0.1, -0.05) is 250 Å². The molecule has 6 heteroatoms. The quantitative estimate of drug-likeness (QED) is 0.0199. The largest absolute Gasteiger partial charge is 0.462 e. The van der Waals surface area contributed by atoms with Gasteiger partial charge in [-0.15, -0.1) is 0 Å². The van der Waals surface area contributed by atoms with Crippen molar-refractivity contribution < 1.29 is 28.6 Å². The molecule has 0 N–H and O–H groups in total. The zero-order chi connectivity index (χ0) is 47.2. The molecule has 0 rings (SSSR count). The highest BCUT2D eigenvalue weighted by Gasteiger charge is 2.19. The summed E-state index contributed by atoms with van der Waals surface area (Å²) in [6.45, 7) is 6.64. The first-order valence-corrected chi connectivity index (χ1v) is 28.5. The van der Waals surface area contributed by atoms with E-state index in [-0.39, 0.29) is 31.1 Å². The number of carbonyl (C=O) groups excluding carboxylic acids is 3. The van der Waals surface area contributed by atoms with Crippen LogP contribution in [0, 0.1) is 0 Å². The van der Waals surface area contributed by atoms with Gasteiger partial charge in [0.2, 0.25) is 0 Å². The van der Waals surface area contributed by atoms with Crippen LogP contribution in [0.3, 0.4) is 0 Å². The molecule has 0 amide bonds. The topological polar surface area (TPSA) is 78.9 Å². The molecular formula is C59H108O6. The van der Waals surface area contributed by atoms with Gasteiger partial charge in [-0.05, 0) is 70.6 Å². The van der Waals surface area contributed by atoms with Crippen molar-refractivity contribution in [3.63, 3.8) is 0 Å². The normalized spacial score (nSPS) is 12.2. The summed E-state index contributed by atoms with van der Waals surface area (Å²) in [5.74, 6) is -0.900. The van der Waals surface area contributed by atoms with E-state index in [1.165, 1.54) is 180 Å². The molecule has 0 aromatic carbocycles. The number of ether oxygens (including phenoxy) is 3. The Morgan fingerprint density at radius 2 is 0.554 bits per heavy atom. The minimum atomic E-state index is -0.784. The average Bonchev–Trinajstić information content (AvgIpc) is 3.30. The van der Waals surface area contributed by atoms with Crippen molar-refractivity contribution in [1.29, 1.82) is 0 Å². The van der Waals surface area contributed by atoms with Crippen molar-refractivity contribution in [1.82, 2.24) is 0 Å². The number of hydrogen-bond donors (Lipinski definition) is 0. The van der Waals surface area contributed by atoms with Crippen LogP contribution in [0.1, 0.15) is 303 Å². The van der Waals surface area contributed by atoms with Gasteiger partial charge in [0, 0.05) is 19.3 Å². The van der Waals surface area contributed by atoms with E-state index in [0.717, 1.165) is 83.5 Å². The van der Waals surface area contributed by atoms with Crippen LogP contribution in [0.2, 0.25) is 0 Å². The number of rotatable bonds is 52. The number of hydrogen-bond acceptors (Lipinski definition) is 6. The van der Waals surface area contributed by atoms with Crippen LogP contribution < -0.4 is 0 Å². The first-order valence-electron chi connectivity index (χ1n) is 28.5. The molecule has 0 fully saturated rings. The Bertz CT molecular complexity index is 1090. The molecule has 0 aliphatic carbocycles. The number of carbonyl (C=O) groups is 3. The van der Waals surface area contributed by atoms with Crippen LogP contribution in [0.5, 0.6) is 0 Å². The molecular weight excluding hydrogens is 805 g/mol. The van der Waals surface area contributed by atoms with Crippen LogP contribution in [0.4, 0.5) is 0 Å². The fraction of sp³-hybridized carbons (Fsp3) is 0.847. The maximum absolute atomic E-state index is 12.8. The highest BCUT2D eigenvalue weighted by molar-refractivity contribution is 5.71. The monoisotopic (exact) mass is 913 g/mol. The molecule has 0 aromatic rings. The SMILES string of the molecule is CCCCCCCCC/C=C\C=C/CCCCCC(=O)OCC(COC(=O)CCCCCCCCCCCCCCCCC)OC(=O)CCCCCCC/C=C\CCCCCCCCC. The second kappa shape index (κ2) is 54.2. The van der Waals surface area contributed by atoms with Gasteiger partial charge in [0.15, 0.2) is 6.10 Å². The maximum Gasteiger partial charge on any atom is 0.306 e. The molecule has 1 unspecified atom stereocenters. The van der Waals surface area contributed by atoms with Crippen LogP contribution in [0.15, 0.2) is 36.5 Å². The zero-order valence-electron chi connectivity index (χ0n) is 43.5. The van der Waals surface area contributed by atoms with Gasteiger partial charge in [0.1, 0.15) is 13.2 Å².